The van der Waals surface area contributed by atoms with Crippen LogP contribution in [0.15, 0.2) is 54.6 Å². The van der Waals surface area contributed by atoms with Gasteiger partial charge in [0.15, 0.2) is 0 Å². The number of benzene rings is 2. The van der Waals surface area contributed by atoms with Gasteiger partial charge in [-0.3, -0.25) is 4.90 Å². The Labute approximate surface area is 178 Å². The predicted octanol–water partition coefficient (Wildman–Crippen LogP) is 6.71. The lowest BCUT2D eigenvalue weighted by atomic mass is 9.83. The number of fused-ring (bicyclic) bond motifs is 2. The molecule has 0 radical (unpaired) electrons. The zero-order valence-corrected chi connectivity index (χ0v) is 16.9. The van der Waals surface area contributed by atoms with Gasteiger partial charge in [-0.1, -0.05) is 48.0 Å². The predicted molar refractivity (Wildman–Crippen MR) is 109 cm³/mol. The van der Waals surface area contributed by atoms with Crippen LogP contribution in [0.2, 0.25) is 5.02 Å². The average Bonchev–Trinajstić information content (AvgIpc) is 2.71. The first-order chi connectivity index (χ1) is 14.3. The van der Waals surface area contributed by atoms with Gasteiger partial charge in [0.2, 0.25) is 0 Å². The second-order valence-corrected chi connectivity index (χ2v) is 8.10. The fraction of sp³-hybridized carbons (Fsp3) is 0.348. The van der Waals surface area contributed by atoms with Crippen LogP contribution in [0.5, 0.6) is 0 Å². The van der Waals surface area contributed by atoms with E-state index in [0.717, 1.165) is 42.5 Å². The van der Waals surface area contributed by atoms with Crippen LogP contribution in [0.25, 0.3) is 5.57 Å². The standard InChI is InChI=1S/C23H21ClF3NO2/c24-21-10-9-17(23(25,26)27)13-20(21)16-11-18-7-4-8-19(12-16)28(18)22(29)30-14-15-5-2-1-3-6-15/h1-3,5-6,9-11,13,18-19H,4,7-8,12,14H2. The summed E-state index contributed by atoms with van der Waals surface area (Å²) in [6.45, 7) is 0.186. The molecule has 2 aromatic carbocycles. The molecule has 1 saturated heterocycles. The van der Waals surface area contributed by atoms with E-state index in [2.05, 4.69) is 0 Å². The first-order valence-corrected chi connectivity index (χ1v) is 10.3. The Balaban J connectivity index is 1.56. The van der Waals surface area contributed by atoms with E-state index in [1.807, 2.05) is 36.4 Å². The third-order valence-corrected chi connectivity index (χ3v) is 6.02. The molecule has 0 saturated carbocycles. The normalized spacial score (nSPS) is 21.2. The van der Waals surface area contributed by atoms with E-state index in [9.17, 15) is 18.0 Å². The molecule has 2 atom stereocenters. The number of nitrogens with zero attached hydrogens (tertiary/aromatic N) is 1. The summed E-state index contributed by atoms with van der Waals surface area (Å²) in [6.07, 6.45) is -0.00464. The van der Waals surface area contributed by atoms with Crippen molar-refractivity contribution in [3.8, 4) is 0 Å². The number of ether oxygens (including phenoxy) is 1. The fourth-order valence-electron chi connectivity index (χ4n) is 4.26. The molecule has 30 heavy (non-hydrogen) atoms. The van der Waals surface area contributed by atoms with Crippen molar-refractivity contribution in [1.29, 1.82) is 0 Å². The van der Waals surface area contributed by atoms with Crippen LogP contribution in [-0.4, -0.2) is 23.1 Å². The van der Waals surface area contributed by atoms with E-state index in [0.29, 0.717) is 12.0 Å². The van der Waals surface area contributed by atoms with Gasteiger partial charge in [0, 0.05) is 11.1 Å². The van der Waals surface area contributed by atoms with Crippen LogP contribution in [-0.2, 0) is 17.5 Å². The maximum absolute atomic E-state index is 13.2. The minimum absolute atomic E-state index is 0.113. The molecule has 4 rings (SSSR count). The van der Waals surface area contributed by atoms with E-state index in [-0.39, 0.29) is 29.8 Å². The summed E-state index contributed by atoms with van der Waals surface area (Å²) < 4.78 is 45.0. The number of alkyl halides is 3. The van der Waals surface area contributed by atoms with Gasteiger partial charge in [-0.25, -0.2) is 4.79 Å². The first-order valence-electron chi connectivity index (χ1n) is 9.90. The molecule has 0 aliphatic carbocycles. The molecule has 158 valence electrons. The van der Waals surface area contributed by atoms with Crippen molar-refractivity contribution in [3.63, 3.8) is 0 Å². The Morgan fingerprint density at radius 2 is 1.90 bits per heavy atom. The van der Waals surface area contributed by atoms with Crippen LogP contribution in [0, 0.1) is 0 Å². The van der Waals surface area contributed by atoms with Crippen molar-refractivity contribution in [2.75, 3.05) is 0 Å². The van der Waals surface area contributed by atoms with Crippen molar-refractivity contribution in [3.05, 3.63) is 76.3 Å². The van der Waals surface area contributed by atoms with E-state index in [1.54, 1.807) is 4.90 Å². The molecule has 7 heteroatoms. The average molecular weight is 436 g/mol. The van der Waals surface area contributed by atoms with Crippen LogP contribution in [0.1, 0.15) is 42.4 Å². The van der Waals surface area contributed by atoms with E-state index in [1.165, 1.54) is 6.07 Å². The largest absolute Gasteiger partial charge is 0.445 e. The highest BCUT2D eigenvalue weighted by Gasteiger charge is 2.39. The highest BCUT2D eigenvalue weighted by molar-refractivity contribution is 6.32. The van der Waals surface area contributed by atoms with Gasteiger partial charge in [0.25, 0.3) is 0 Å². The number of hydrogen-bond donors (Lipinski definition) is 0. The molecule has 2 aromatic rings. The van der Waals surface area contributed by atoms with E-state index >= 15 is 0 Å². The lowest BCUT2D eigenvalue weighted by Gasteiger charge is -2.44. The van der Waals surface area contributed by atoms with Gasteiger partial charge in [-0.05, 0) is 60.6 Å². The molecule has 2 bridgehead atoms. The Bertz CT molecular complexity index is 959. The summed E-state index contributed by atoms with van der Waals surface area (Å²) in [5.41, 5.74) is 1.33. The van der Waals surface area contributed by atoms with Crippen molar-refractivity contribution in [1.82, 2.24) is 4.90 Å². The third kappa shape index (κ3) is 4.33. The smallest absolute Gasteiger partial charge is 0.416 e. The van der Waals surface area contributed by atoms with Crippen LogP contribution >= 0.6 is 11.6 Å². The van der Waals surface area contributed by atoms with Crippen molar-refractivity contribution in [2.24, 2.45) is 0 Å². The SMILES string of the molecule is O=C(OCc1ccccc1)N1C2C=C(c3cc(C(F)(F)F)ccc3Cl)CC1CCC2. The number of hydrogen-bond acceptors (Lipinski definition) is 2. The van der Waals surface area contributed by atoms with Crippen molar-refractivity contribution >= 4 is 23.3 Å². The Morgan fingerprint density at radius 3 is 2.60 bits per heavy atom. The summed E-state index contributed by atoms with van der Waals surface area (Å²) >= 11 is 6.24. The number of amides is 1. The maximum atomic E-state index is 13.2. The van der Waals surface area contributed by atoms with Crippen molar-refractivity contribution in [2.45, 2.75) is 50.6 Å². The molecule has 0 spiro atoms. The molecule has 1 fully saturated rings. The van der Waals surface area contributed by atoms with Gasteiger partial charge in [-0.2, -0.15) is 13.2 Å². The molecule has 0 aromatic heterocycles. The molecule has 3 nitrogen and oxygen atoms in total. The van der Waals surface area contributed by atoms with Crippen molar-refractivity contribution < 1.29 is 22.7 Å². The van der Waals surface area contributed by atoms with Gasteiger partial charge in [0.1, 0.15) is 6.61 Å². The van der Waals surface area contributed by atoms with Crippen LogP contribution in [0.4, 0.5) is 18.0 Å². The summed E-state index contributed by atoms with van der Waals surface area (Å²) in [7, 11) is 0. The minimum atomic E-state index is -4.43. The Morgan fingerprint density at radius 1 is 1.13 bits per heavy atom. The molecule has 2 heterocycles. The van der Waals surface area contributed by atoms with Gasteiger partial charge in [-0.15, -0.1) is 0 Å². The number of piperidine rings is 1. The number of rotatable bonds is 3. The Hall–Kier alpha value is -2.47. The quantitative estimate of drug-likeness (QED) is 0.536. The van der Waals surface area contributed by atoms with Gasteiger partial charge in [0.05, 0.1) is 11.6 Å². The monoisotopic (exact) mass is 435 g/mol. The van der Waals surface area contributed by atoms with Crippen LogP contribution in [0.3, 0.4) is 0 Å². The zero-order valence-electron chi connectivity index (χ0n) is 16.2. The summed E-state index contributed by atoms with van der Waals surface area (Å²) in [6, 6.07) is 12.5. The van der Waals surface area contributed by atoms with E-state index < -0.39 is 11.7 Å². The third-order valence-electron chi connectivity index (χ3n) is 5.69. The molecule has 1 amide bonds. The highest BCUT2D eigenvalue weighted by atomic mass is 35.5. The molecular formula is C23H21ClF3NO2. The lowest BCUT2D eigenvalue weighted by Crippen LogP contribution is -2.51. The second-order valence-electron chi connectivity index (χ2n) is 7.69. The number of carbonyl (C=O) groups is 1. The summed E-state index contributed by atoms with van der Waals surface area (Å²) in [4.78, 5) is 14.5. The fourth-order valence-corrected chi connectivity index (χ4v) is 4.49. The van der Waals surface area contributed by atoms with Crippen LogP contribution < -0.4 is 0 Å². The minimum Gasteiger partial charge on any atom is -0.445 e. The summed E-state index contributed by atoms with van der Waals surface area (Å²) in [5.74, 6) is 0. The zero-order chi connectivity index (χ0) is 21.3. The first kappa shape index (κ1) is 20.8. The number of halogens is 4. The molecule has 2 unspecified atom stereocenters. The topological polar surface area (TPSA) is 29.5 Å². The maximum Gasteiger partial charge on any atom is 0.416 e. The molecule has 2 aliphatic rings. The highest BCUT2D eigenvalue weighted by Crippen LogP contribution is 2.41. The Kier molecular flexibility index (Phi) is 5.78. The summed E-state index contributed by atoms with van der Waals surface area (Å²) in [5, 5.41) is 0.285. The van der Waals surface area contributed by atoms with Gasteiger partial charge < -0.3 is 4.74 Å². The second kappa shape index (κ2) is 8.34. The molecule has 2 aliphatic heterocycles. The van der Waals surface area contributed by atoms with E-state index in [4.69, 9.17) is 16.3 Å². The molecule has 0 N–H and O–H groups in total. The molecular weight excluding hydrogens is 415 g/mol. The number of carbonyl (C=O) groups excluding carboxylic acids is 1. The van der Waals surface area contributed by atoms with Gasteiger partial charge >= 0.3 is 12.3 Å². The lowest BCUT2D eigenvalue weighted by molar-refractivity contribution is -0.137.